The average Bonchev–Trinajstić information content (AvgIpc) is 2.94. The number of aliphatic imine (C=N–C) groups is 1. The number of piperidine rings is 1. The molecule has 3 heterocycles. The highest BCUT2D eigenvalue weighted by molar-refractivity contribution is 5.95. The number of halogens is 3. The van der Waals surface area contributed by atoms with Crippen LogP contribution in [0.1, 0.15) is 37.9 Å². The van der Waals surface area contributed by atoms with E-state index in [1.165, 1.54) is 0 Å². The molecule has 7 nitrogen and oxygen atoms in total. The van der Waals surface area contributed by atoms with Crippen molar-refractivity contribution in [3.63, 3.8) is 0 Å². The molecule has 0 bridgehead atoms. The third-order valence-electron chi connectivity index (χ3n) is 5.22. The Morgan fingerprint density at radius 3 is 2.81 bits per heavy atom. The van der Waals surface area contributed by atoms with E-state index in [1.807, 2.05) is 11.6 Å². The number of nitrogens with zero attached hydrogens (tertiary/aromatic N) is 4. The summed E-state index contributed by atoms with van der Waals surface area (Å²) in [5.74, 6) is 0.177. The summed E-state index contributed by atoms with van der Waals surface area (Å²) in [7, 11) is 2.08. The zero-order valence-corrected chi connectivity index (χ0v) is 15.8. The van der Waals surface area contributed by atoms with Crippen molar-refractivity contribution >= 4 is 11.6 Å². The van der Waals surface area contributed by atoms with Crippen LogP contribution in [-0.4, -0.2) is 52.6 Å². The monoisotopic (exact) mass is 385 g/mol. The van der Waals surface area contributed by atoms with E-state index >= 15 is 0 Å². The Balaban J connectivity index is 1.79. The molecule has 150 valence electrons. The summed E-state index contributed by atoms with van der Waals surface area (Å²) in [6.45, 7) is 5.50. The van der Waals surface area contributed by atoms with E-state index in [0.717, 1.165) is 37.8 Å². The summed E-state index contributed by atoms with van der Waals surface area (Å²) in [5, 5.41) is 10.1. The fraction of sp³-hybridized carbons (Fsp3) is 0.647. The molecule has 1 aromatic heterocycles. The number of anilines is 1. The Bertz CT molecular complexity index is 752. The lowest BCUT2D eigenvalue weighted by molar-refractivity contribution is -0.101. The van der Waals surface area contributed by atoms with Gasteiger partial charge in [0.2, 0.25) is 5.96 Å². The molecule has 0 saturated carbocycles. The van der Waals surface area contributed by atoms with Crippen LogP contribution in [0, 0.1) is 6.92 Å². The van der Waals surface area contributed by atoms with Gasteiger partial charge < -0.3 is 21.3 Å². The lowest BCUT2D eigenvalue weighted by Crippen LogP contribution is -2.51. The Morgan fingerprint density at radius 1 is 1.44 bits per heavy atom. The van der Waals surface area contributed by atoms with E-state index in [0.29, 0.717) is 5.69 Å². The maximum absolute atomic E-state index is 13.2. The van der Waals surface area contributed by atoms with Crippen LogP contribution < -0.4 is 16.4 Å². The molecule has 0 radical (unpaired) electrons. The van der Waals surface area contributed by atoms with Crippen molar-refractivity contribution in [1.29, 1.82) is 0 Å². The van der Waals surface area contributed by atoms with Gasteiger partial charge in [-0.1, -0.05) is 6.92 Å². The molecular formula is C17H26F3N7. The van der Waals surface area contributed by atoms with Crippen molar-refractivity contribution in [2.45, 2.75) is 51.0 Å². The van der Waals surface area contributed by atoms with Crippen LogP contribution in [0.25, 0.3) is 0 Å². The van der Waals surface area contributed by atoms with E-state index in [9.17, 15) is 13.2 Å². The standard InChI is InChI=1S/C17H26F3N7/c1-4-16(21)14(17(18,19)20)9-22-15(25-16)24-13-8-23-27(11(13)2)12-6-5-7-26(3)10-12/h8-9,12H,4-7,10,21H2,1-3H3,(H2,22,24,25)/t12-,16?/m0/s1. The summed E-state index contributed by atoms with van der Waals surface area (Å²) in [6.07, 6.45) is 0.189. The molecule has 4 N–H and O–H groups in total. The van der Waals surface area contributed by atoms with Crippen LogP contribution in [0.4, 0.5) is 18.9 Å². The van der Waals surface area contributed by atoms with Gasteiger partial charge in [0.25, 0.3) is 0 Å². The van der Waals surface area contributed by atoms with Gasteiger partial charge in [-0.3, -0.25) is 4.68 Å². The second-order valence-electron chi connectivity index (χ2n) is 7.21. The predicted molar refractivity (Wildman–Crippen MR) is 98.3 cm³/mol. The number of nitrogens with two attached hydrogens (primary N) is 1. The molecule has 10 heteroatoms. The van der Waals surface area contributed by atoms with Crippen LogP contribution in [0.15, 0.2) is 23.0 Å². The SMILES string of the molecule is CCC1(N)N=C(Nc2cnn([C@H]3CCCN(C)C3)c2C)NC=C1C(F)(F)F. The minimum atomic E-state index is -4.54. The summed E-state index contributed by atoms with van der Waals surface area (Å²) < 4.78 is 41.5. The number of aromatic nitrogens is 2. The van der Waals surface area contributed by atoms with Gasteiger partial charge in [0.05, 0.1) is 29.2 Å². The highest BCUT2D eigenvalue weighted by Crippen LogP contribution is 2.36. The fourth-order valence-electron chi connectivity index (χ4n) is 3.60. The predicted octanol–water partition coefficient (Wildman–Crippen LogP) is 2.34. The fourth-order valence-corrected chi connectivity index (χ4v) is 3.60. The molecule has 2 atom stereocenters. The number of alkyl halides is 3. The number of rotatable bonds is 3. The second kappa shape index (κ2) is 7.16. The van der Waals surface area contributed by atoms with Crippen molar-refractivity contribution in [2.75, 3.05) is 25.5 Å². The number of hydrogen-bond acceptors (Lipinski definition) is 6. The van der Waals surface area contributed by atoms with Crippen molar-refractivity contribution in [1.82, 2.24) is 20.0 Å². The Kier molecular flexibility index (Phi) is 5.22. The molecule has 0 spiro atoms. The van der Waals surface area contributed by atoms with Gasteiger partial charge in [0.1, 0.15) is 5.66 Å². The number of likely N-dealkylation sites (tertiary alicyclic amines) is 1. The molecule has 27 heavy (non-hydrogen) atoms. The molecule has 0 amide bonds. The normalized spacial score (nSPS) is 27.0. The highest BCUT2D eigenvalue weighted by Gasteiger charge is 2.47. The Morgan fingerprint density at radius 2 is 2.19 bits per heavy atom. The Hall–Kier alpha value is -2.07. The van der Waals surface area contributed by atoms with Gasteiger partial charge in [-0.05, 0) is 39.8 Å². The van der Waals surface area contributed by atoms with Crippen LogP contribution in [-0.2, 0) is 0 Å². The molecule has 1 aromatic rings. The van der Waals surface area contributed by atoms with Crippen LogP contribution in [0.3, 0.4) is 0 Å². The Labute approximate surface area is 156 Å². The van der Waals surface area contributed by atoms with Gasteiger partial charge in [-0.25, -0.2) is 4.99 Å². The van der Waals surface area contributed by atoms with Crippen molar-refractivity contribution in [3.05, 3.63) is 23.7 Å². The summed E-state index contributed by atoms with van der Waals surface area (Å²) in [6, 6.07) is 0.279. The van der Waals surface area contributed by atoms with Gasteiger partial charge in [0, 0.05) is 12.7 Å². The van der Waals surface area contributed by atoms with E-state index in [-0.39, 0.29) is 18.4 Å². The maximum atomic E-state index is 13.2. The van der Waals surface area contributed by atoms with Gasteiger partial charge in [-0.2, -0.15) is 18.3 Å². The number of guanidine groups is 1. The first-order valence-corrected chi connectivity index (χ1v) is 9.07. The number of hydrogen-bond donors (Lipinski definition) is 3. The van der Waals surface area contributed by atoms with Crippen molar-refractivity contribution < 1.29 is 13.2 Å². The van der Waals surface area contributed by atoms with Crippen LogP contribution in [0.2, 0.25) is 0 Å². The molecule has 3 rings (SSSR count). The third kappa shape index (κ3) is 3.96. The minimum Gasteiger partial charge on any atom is -0.332 e. The molecule has 2 aliphatic rings. The zero-order valence-electron chi connectivity index (χ0n) is 15.8. The summed E-state index contributed by atoms with van der Waals surface area (Å²) >= 11 is 0. The molecule has 1 saturated heterocycles. The molecule has 0 aliphatic carbocycles. The van der Waals surface area contributed by atoms with Gasteiger partial charge >= 0.3 is 6.18 Å². The topological polar surface area (TPSA) is 83.5 Å². The molecular weight excluding hydrogens is 359 g/mol. The van der Waals surface area contributed by atoms with E-state index in [4.69, 9.17) is 5.73 Å². The summed E-state index contributed by atoms with van der Waals surface area (Å²) in [5.41, 5.74) is 4.82. The van der Waals surface area contributed by atoms with E-state index < -0.39 is 17.4 Å². The second-order valence-corrected chi connectivity index (χ2v) is 7.21. The maximum Gasteiger partial charge on any atom is 0.417 e. The lowest BCUT2D eigenvalue weighted by Gasteiger charge is -2.32. The largest absolute Gasteiger partial charge is 0.417 e. The molecule has 2 aliphatic heterocycles. The quantitative estimate of drug-likeness (QED) is 0.744. The number of nitrogens with one attached hydrogen (secondary N) is 2. The molecule has 0 aromatic carbocycles. The van der Waals surface area contributed by atoms with Crippen LogP contribution >= 0.6 is 0 Å². The van der Waals surface area contributed by atoms with Crippen molar-refractivity contribution in [2.24, 2.45) is 10.7 Å². The lowest BCUT2D eigenvalue weighted by atomic mass is 9.97. The van der Waals surface area contributed by atoms with Gasteiger partial charge in [0.15, 0.2) is 0 Å². The smallest absolute Gasteiger partial charge is 0.332 e. The van der Waals surface area contributed by atoms with Gasteiger partial charge in [-0.15, -0.1) is 0 Å². The van der Waals surface area contributed by atoms with E-state index in [1.54, 1.807) is 13.1 Å². The molecule has 1 fully saturated rings. The first-order chi connectivity index (χ1) is 12.6. The number of likely N-dealkylation sites (N-methyl/N-ethyl adjacent to an activating group) is 1. The first kappa shape index (κ1) is 19.7. The average molecular weight is 385 g/mol. The zero-order chi connectivity index (χ0) is 19.8. The first-order valence-electron chi connectivity index (χ1n) is 9.07. The van der Waals surface area contributed by atoms with Crippen molar-refractivity contribution in [3.8, 4) is 0 Å². The highest BCUT2D eigenvalue weighted by atomic mass is 19.4. The third-order valence-corrected chi connectivity index (χ3v) is 5.22. The molecule has 1 unspecified atom stereocenters. The van der Waals surface area contributed by atoms with Crippen LogP contribution in [0.5, 0.6) is 0 Å². The van der Waals surface area contributed by atoms with E-state index in [2.05, 4.69) is 32.7 Å². The minimum absolute atomic E-state index is 0.0257. The summed E-state index contributed by atoms with van der Waals surface area (Å²) in [4.78, 5) is 6.36.